The van der Waals surface area contributed by atoms with Crippen molar-refractivity contribution in [1.82, 2.24) is 15.0 Å². The van der Waals surface area contributed by atoms with Crippen LogP contribution in [0.1, 0.15) is 32.0 Å². The Balaban J connectivity index is 1.49. The summed E-state index contributed by atoms with van der Waals surface area (Å²) >= 11 is 0. The molecule has 6 nitrogen and oxygen atoms in total. The Morgan fingerprint density at radius 1 is 1.12 bits per heavy atom. The van der Waals surface area contributed by atoms with Gasteiger partial charge in [0.05, 0.1) is 5.69 Å². The van der Waals surface area contributed by atoms with Gasteiger partial charge in [-0.1, -0.05) is 38.1 Å². The minimum Gasteiger partial charge on any atom is -0.364 e. The smallest absolute Gasteiger partial charge is 0.321 e. The number of hydrogen-bond donors (Lipinski definition) is 1. The highest BCUT2D eigenvalue weighted by atomic mass is 16.5. The van der Waals surface area contributed by atoms with Crippen molar-refractivity contribution in [3.05, 3.63) is 47.9 Å². The number of hydrogen-bond acceptors (Lipinski definition) is 4. The van der Waals surface area contributed by atoms with Crippen LogP contribution in [0.2, 0.25) is 0 Å². The Morgan fingerprint density at radius 2 is 1.80 bits per heavy atom. The Kier molecular flexibility index (Phi) is 5.08. The zero-order chi connectivity index (χ0) is 17.9. The standard InChI is InChI=1S/C19H26N4O2/c1-19(2,3)15-4-6-16(7-5-15)20-18(24)23-11-9-22(10-12-23)14-17-8-13-25-21-17/h4-8,13H,9-12,14H2,1-3H3,(H,20,24). The van der Waals surface area contributed by atoms with E-state index in [0.29, 0.717) is 13.1 Å². The molecule has 6 heteroatoms. The van der Waals surface area contributed by atoms with Crippen LogP contribution in [-0.2, 0) is 12.0 Å². The molecule has 1 fully saturated rings. The predicted octanol–water partition coefficient (Wildman–Crippen LogP) is 3.32. The molecular formula is C19H26N4O2. The summed E-state index contributed by atoms with van der Waals surface area (Å²) in [6.07, 6.45) is 1.59. The SMILES string of the molecule is CC(C)(C)c1ccc(NC(=O)N2CCN(Cc3ccon3)CC2)cc1. The topological polar surface area (TPSA) is 61.6 Å². The fourth-order valence-electron chi connectivity index (χ4n) is 2.91. The first kappa shape index (κ1) is 17.5. The number of benzene rings is 1. The van der Waals surface area contributed by atoms with Gasteiger partial charge in [-0.15, -0.1) is 0 Å². The number of anilines is 1. The van der Waals surface area contributed by atoms with Gasteiger partial charge in [-0.2, -0.15) is 0 Å². The lowest BCUT2D eigenvalue weighted by Gasteiger charge is -2.34. The molecule has 25 heavy (non-hydrogen) atoms. The minimum atomic E-state index is -0.0374. The number of piperazine rings is 1. The van der Waals surface area contributed by atoms with Gasteiger partial charge in [-0.05, 0) is 23.1 Å². The molecule has 134 valence electrons. The van der Waals surface area contributed by atoms with E-state index in [2.05, 4.69) is 48.3 Å². The summed E-state index contributed by atoms with van der Waals surface area (Å²) in [5, 5.41) is 6.93. The lowest BCUT2D eigenvalue weighted by Crippen LogP contribution is -2.49. The third-order valence-electron chi connectivity index (χ3n) is 4.54. The van der Waals surface area contributed by atoms with E-state index >= 15 is 0 Å². The van der Waals surface area contributed by atoms with E-state index in [1.54, 1.807) is 6.26 Å². The van der Waals surface area contributed by atoms with Crippen molar-refractivity contribution in [3.8, 4) is 0 Å². The zero-order valence-corrected chi connectivity index (χ0v) is 15.2. The second kappa shape index (κ2) is 7.27. The predicted molar refractivity (Wildman–Crippen MR) is 97.5 cm³/mol. The third-order valence-corrected chi connectivity index (χ3v) is 4.54. The average molecular weight is 342 g/mol. The van der Waals surface area contributed by atoms with E-state index in [9.17, 15) is 4.79 Å². The van der Waals surface area contributed by atoms with Crippen LogP contribution in [0.4, 0.5) is 10.5 Å². The van der Waals surface area contributed by atoms with Gasteiger partial charge in [0.25, 0.3) is 0 Å². The van der Waals surface area contributed by atoms with Crippen molar-refractivity contribution in [1.29, 1.82) is 0 Å². The molecule has 1 aromatic carbocycles. The summed E-state index contributed by atoms with van der Waals surface area (Å²) in [5.74, 6) is 0. The number of rotatable bonds is 3. The molecular weight excluding hydrogens is 316 g/mol. The van der Waals surface area contributed by atoms with Crippen molar-refractivity contribution in [3.63, 3.8) is 0 Å². The van der Waals surface area contributed by atoms with Crippen LogP contribution < -0.4 is 5.32 Å². The van der Waals surface area contributed by atoms with E-state index in [-0.39, 0.29) is 11.4 Å². The quantitative estimate of drug-likeness (QED) is 0.929. The van der Waals surface area contributed by atoms with Crippen molar-refractivity contribution in [2.75, 3.05) is 31.5 Å². The van der Waals surface area contributed by atoms with Gasteiger partial charge in [0, 0.05) is 44.5 Å². The highest BCUT2D eigenvalue weighted by molar-refractivity contribution is 5.89. The van der Waals surface area contributed by atoms with Gasteiger partial charge in [0.15, 0.2) is 0 Å². The van der Waals surface area contributed by atoms with Crippen LogP contribution >= 0.6 is 0 Å². The maximum atomic E-state index is 12.4. The number of urea groups is 1. The second-order valence-electron chi connectivity index (χ2n) is 7.51. The van der Waals surface area contributed by atoms with E-state index in [4.69, 9.17) is 4.52 Å². The van der Waals surface area contributed by atoms with Gasteiger partial charge in [0.2, 0.25) is 0 Å². The largest absolute Gasteiger partial charge is 0.364 e. The van der Waals surface area contributed by atoms with Crippen LogP contribution in [0.25, 0.3) is 0 Å². The van der Waals surface area contributed by atoms with Gasteiger partial charge in [0.1, 0.15) is 6.26 Å². The average Bonchev–Trinajstić information content (AvgIpc) is 3.08. The molecule has 0 atom stereocenters. The normalized spacial score (nSPS) is 16.0. The van der Waals surface area contributed by atoms with E-state index < -0.39 is 0 Å². The Hall–Kier alpha value is -2.34. The first-order valence-corrected chi connectivity index (χ1v) is 8.70. The number of aromatic nitrogens is 1. The summed E-state index contributed by atoms with van der Waals surface area (Å²) in [5.41, 5.74) is 3.13. The molecule has 2 amide bonds. The molecule has 1 aliphatic heterocycles. The maximum Gasteiger partial charge on any atom is 0.321 e. The Labute approximate surface area is 148 Å². The monoisotopic (exact) mass is 342 g/mol. The van der Waals surface area contributed by atoms with Crippen LogP contribution in [-0.4, -0.2) is 47.2 Å². The Morgan fingerprint density at radius 3 is 2.36 bits per heavy atom. The highest BCUT2D eigenvalue weighted by Gasteiger charge is 2.22. The fourth-order valence-corrected chi connectivity index (χ4v) is 2.91. The molecule has 0 unspecified atom stereocenters. The third kappa shape index (κ3) is 4.60. The molecule has 1 aromatic heterocycles. The van der Waals surface area contributed by atoms with Crippen molar-refractivity contribution in [2.24, 2.45) is 0 Å². The van der Waals surface area contributed by atoms with Gasteiger partial charge >= 0.3 is 6.03 Å². The molecule has 0 radical (unpaired) electrons. The van der Waals surface area contributed by atoms with Crippen LogP contribution in [0, 0.1) is 0 Å². The molecule has 1 aliphatic rings. The molecule has 1 N–H and O–H groups in total. The molecule has 0 aliphatic carbocycles. The lowest BCUT2D eigenvalue weighted by molar-refractivity contribution is 0.141. The van der Waals surface area contributed by atoms with Crippen LogP contribution in [0.5, 0.6) is 0 Å². The highest BCUT2D eigenvalue weighted by Crippen LogP contribution is 2.23. The van der Waals surface area contributed by atoms with Crippen molar-refractivity contribution >= 4 is 11.7 Å². The maximum absolute atomic E-state index is 12.4. The molecule has 1 saturated heterocycles. The van der Waals surface area contributed by atoms with Gasteiger partial charge < -0.3 is 14.7 Å². The minimum absolute atomic E-state index is 0.0374. The Bertz CT molecular complexity index is 681. The summed E-state index contributed by atoms with van der Waals surface area (Å²) < 4.78 is 4.86. The first-order valence-electron chi connectivity index (χ1n) is 8.70. The van der Waals surface area contributed by atoms with Gasteiger partial charge in [-0.25, -0.2) is 4.79 Å². The van der Waals surface area contributed by atoms with E-state index in [1.165, 1.54) is 5.56 Å². The molecule has 3 rings (SSSR count). The first-order chi connectivity index (χ1) is 11.9. The molecule has 0 bridgehead atoms. The number of nitrogens with zero attached hydrogens (tertiary/aromatic N) is 3. The molecule has 0 saturated carbocycles. The number of carbonyl (C=O) groups excluding carboxylic acids is 1. The van der Waals surface area contributed by atoms with Crippen LogP contribution in [0.3, 0.4) is 0 Å². The zero-order valence-electron chi connectivity index (χ0n) is 15.2. The van der Waals surface area contributed by atoms with E-state index in [1.807, 2.05) is 23.1 Å². The van der Waals surface area contributed by atoms with Crippen molar-refractivity contribution in [2.45, 2.75) is 32.7 Å². The summed E-state index contributed by atoms with van der Waals surface area (Å²) in [6, 6.07) is 9.93. The van der Waals surface area contributed by atoms with Gasteiger partial charge in [-0.3, -0.25) is 4.90 Å². The lowest BCUT2D eigenvalue weighted by atomic mass is 9.87. The summed E-state index contributed by atoms with van der Waals surface area (Å²) in [7, 11) is 0. The molecule has 2 aromatic rings. The fraction of sp³-hybridized carbons (Fsp3) is 0.474. The second-order valence-corrected chi connectivity index (χ2v) is 7.51. The molecule has 0 spiro atoms. The van der Waals surface area contributed by atoms with Crippen molar-refractivity contribution < 1.29 is 9.32 Å². The number of carbonyl (C=O) groups is 1. The number of amides is 2. The molecule has 2 heterocycles. The number of nitrogens with one attached hydrogen (secondary N) is 1. The van der Waals surface area contributed by atoms with E-state index in [0.717, 1.165) is 31.0 Å². The summed E-state index contributed by atoms with van der Waals surface area (Å²) in [4.78, 5) is 16.6. The summed E-state index contributed by atoms with van der Waals surface area (Å²) in [6.45, 7) is 10.4. The van der Waals surface area contributed by atoms with Crippen LogP contribution in [0.15, 0.2) is 41.1 Å².